The third-order valence-electron chi connectivity index (χ3n) is 3.17. The maximum atomic E-state index is 12.4. The Morgan fingerprint density at radius 3 is 2.86 bits per heavy atom. The second kappa shape index (κ2) is 6.28. The molecule has 0 unspecified atom stereocenters. The lowest BCUT2D eigenvalue weighted by molar-refractivity contribution is 0.102. The molecule has 0 aliphatic carbocycles. The average Bonchev–Trinajstić information content (AvgIpc) is 2.87. The Morgan fingerprint density at radius 1 is 1.27 bits per heavy atom. The van der Waals surface area contributed by atoms with Gasteiger partial charge in [0, 0.05) is 10.6 Å². The van der Waals surface area contributed by atoms with Crippen molar-refractivity contribution in [2.75, 3.05) is 11.6 Å². The largest absolute Gasteiger partial charge is 0.322 e. The Labute approximate surface area is 141 Å². The van der Waals surface area contributed by atoms with Crippen molar-refractivity contribution in [1.82, 2.24) is 4.98 Å². The highest BCUT2D eigenvalue weighted by Gasteiger charge is 2.12. The number of halogens is 1. The number of thioether (sulfide) groups is 1. The summed E-state index contributed by atoms with van der Waals surface area (Å²) >= 11 is 9.32. The number of amides is 1. The maximum Gasteiger partial charge on any atom is 0.257 e. The zero-order valence-electron chi connectivity index (χ0n) is 12.0. The van der Waals surface area contributed by atoms with E-state index >= 15 is 0 Å². The van der Waals surface area contributed by atoms with Crippen LogP contribution in [0.4, 0.5) is 5.69 Å². The number of aryl methyl sites for hydroxylation is 1. The van der Waals surface area contributed by atoms with Gasteiger partial charge < -0.3 is 5.32 Å². The Kier molecular flexibility index (Phi) is 4.38. The van der Waals surface area contributed by atoms with Crippen molar-refractivity contribution in [1.29, 1.82) is 0 Å². The standard InChI is InChI=1S/C16H13ClN2OS2/c1-9-18-14-6-3-10(7-15(14)22-9)19-16(20)12-8-11(21-2)4-5-13(12)17/h3-8H,1-2H3,(H,19,20). The number of aromatic nitrogens is 1. The predicted octanol–water partition coefficient (Wildman–Crippen LogP) is 5.23. The number of hydrogen-bond donors (Lipinski definition) is 1. The number of benzene rings is 2. The molecular weight excluding hydrogens is 336 g/mol. The number of nitrogens with zero attached hydrogens (tertiary/aromatic N) is 1. The molecule has 3 aromatic rings. The summed E-state index contributed by atoms with van der Waals surface area (Å²) < 4.78 is 1.05. The van der Waals surface area contributed by atoms with Crippen molar-refractivity contribution in [3.8, 4) is 0 Å². The molecule has 0 bridgehead atoms. The molecule has 0 atom stereocenters. The molecule has 0 fully saturated rings. The molecule has 3 rings (SSSR count). The lowest BCUT2D eigenvalue weighted by atomic mass is 10.2. The van der Waals surface area contributed by atoms with Gasteiger partial charge in [0.2, 0.25) is 0 Å². The van der Waals surface area contributed by atoms with Gasteiger partial charge in [0.1, 0.15) is 0 Å². The molecule has 0 aliphatic heterocycles. The molecule has 2 aromatic carbocycles. The topological polar surface area (TPSA) is 42.0 Å². The van der Waals surface area contributed by atoms with E-state index in [0.717, 1.165) is 25.8 Å². The van der Waals surface area contributed by atoms with Gasteiger partial charge in [-0.05, 0) is 49.6 Å². The number of hydrogen-bond acceptors (Lipinski definition) is 4. The number of nitrogens with one attached hydrogen (secondary N) is 1. The van der Waals surface area contributed by atoms with Crippen molar-refractivity contribution in [2.24, 2.45) is 0 Å². The average molecular weight is 349 g/mol. The maximum absolute atomic E-state index is 12.4. The highest BCUT2D eigenvalue weighted by Crippen LogP contribution is 2.27. The molecule has 1 amide bonds. The van der Waals surface area contributed by atoms with Crippen LogP contribution in [0.2, 0.25) is 5.02 Å². The molecule has 1 heterocycles. The first-order valence-corrected chi connectivity index (χ1v) is 9.01. The molecule has 3 nitrogen and oxygen atoms in total. The second-order valence-corrected chi connectivity index (χ2v) is 7.24. The lowest BCUT2D eigenvalue weighted by Crippen LogP contribution is -2.12. The van der Waals surface area contributed by atoms with Crippen molar-refractivity contribution in [2.45, 2.75) is 11.8 Å². The third-order valence-corrected chi connectivity index (χ3v) is 5.16. The molecule has 0 radical (unpaired) electrons. The number of rotatable bonds is 3. The van der Waals surface area contributed by atoms with Gasteiger partial charge in [0.05, 0.1) is 25.8 Å². The van der Waals surface area contributed by atoms with E-state index in [9.17, 15) is 4.79 Å². The minimum Gasteiger partial charge on any atom is -0.322 e. The number of carbonyl (C=O) groups is 1. The summed E-state index contributed by atoms with van der Waals surface area (Å²) in [5.41, 5.74) is 2.17. The van der Waals surface area contributed by atoms with Crippen molar-refractivity contribution < 1.29 is 4.79 Å². The van der Waals surface area contributed by atoms with Gasteiger partial charge in [-0.2, -0.15) is 0 Å². The Morgan fingerprint density at radius 2 is 2.09 bits per heavy atom. The van der Waals surface area contributed by atoms with Crippen molar-refractivity contribution in [3.63, 3.8) is 0 Å². The van der Waals surface area contributed by atoms with E-state index in [4.69, 9.17) is 11.6 Å². The zero-order valence-corrected chi connectivity index (χ0v) is 14.4. The highest BCUT2D eigenvalue weighted by molar-refractivity contribution is 7.98. The summed E-state index contributed by atoms with van der Waals surface area (Å²) in [5, 5.41) is 4.36. The summed E-state index contributed by atoms with van der Waals surface area (Å²) in [6, 6.07) is 11.1. The molecule has 0 aliphatic rings. The molecule has 112 valence electrons. The zero-order chi connectivity index (χ0) is 15.7. The van der Waals surface area contributed by atoms with Gasteiger partial charge in [-0.3, -0.25) is 4.79 Å². The lowest BCUT2D eigenvalue weighted by Gasteiger charge is -2.08. The number of fused-ring (bicyclic) bond motifs is 1. The minimum absolute atomic E-state index is 0.207. The SMILES string of the molecule is CSc1ccc(Cl)c(C(=O)Nc2ccc3nc(C)sc3c2)c1. The smallest absolute Gasteiger partial charge is 0.257 e. The third kappa shape index (κ3) is 3.11. The van der Waals surface area contributed by atoms with Gasteiger partial charge in [-0.1, -0.05) is 11.6 Å². The van der Waals surface area contributed by atoms with Crippen LogP contribution in [0.3, 0.4) is 0 Å². The number of carbonyl (C=O) groups excluding carboxylic acids is 1. The molecule has 0 saturated carbocycles. The monoisotopic (exact) mass is 348 g/mol. The Hall–Kier alpha value is -1.56. The van der Waals surface area contributed by atoms with E-state index in [2.05, 4.69) is 10.3 Å². The second-order valence-electron chi connectivity index (χ2n) is 4.72. The Balaban J connectivity index is 1.89. The van der Waals surface area contributed by atoms with E-state index in [1.165, 1.54) is 0 Å². The van der Waals surface area contributed by atoms with E-state index < -0.39 is 0 Å². The van der Waals surface area contributed by atoms with Gasteiger partial charge in [-0.25, -0.2) is 4.98 Å². The molecule has 22 heavy (non-hydrogen) atoms. The number of anilines is 1. The van der Waals surface area contributed by atoms with E-state index in [1.54, 1.807) is 35.2 Å². The predicted molar refractivity (Wildman–Crippen MR) is 95.5 cm³/mol. The fourth-order valence-corrected chi connectivity index (χ4v) is 3.63. The van der Waals surface area contributed by atoms with Crippen LogP contribution in [-0.4, -0.2) is 17.1 Å². The van der Waals surface area contributed by atoms with Gasteiger partial charge >= 0.3 is 0 Å². The fourth-order valence-electron chi connectivity index (χ4n) is 2.12. The molecule has 0 saturated heterocycles. The van der Waals surface area contributed by atoms with Crippen LogP contribution in [0.25, 0.3) is 10.2 Å². The molecule has 1 aromatic heterocycles. The van der Waals surface area contributed by atoms with Crippen molar-refractivity contribution in [3.05, 3.63) is 52.0 Å². The minimum atomic E-state index is -0.207. The van der Waals surface area contributed by atoms with Crippen LogP contribution in [-0.2, 0) is 0 Å². The first kappa shape index (κ1) is 15.3. The molecule has 0 spiro atoms. The quantitative estimate of drug-likeness (QED) is 0.659. The van der Waals surface area contributed by atoms with Crippen LogP contribution in [0.1, 0.15) is 15.4 Å². The summed E-state index contributed by atoms with van der Waals surface area (Å²) in [5.74, 6) is -0.207. The van der Waals surface area contributed by atoms with Gasteiger partial charge in [0.15, 0.2) is 0 Å². The van der Waals surface area contributed by atoms with Crippen LogP contribution in [0.5, 0.6) is 0 Å². The van der Waals surface area contributed by atoms with Crippen molar-refractivity contribution >= 4 is 56.5 Å². The van der Waals surface area contributed by atoms with Crippen LogP contribution in [0.15, 0.2) is 41.3 Å². The summed E-state index contributed by atoms with van der Waals surface area (Å²) in [6.07, 6.45) is 1.96. The van der Waals surface area contributed by atoms with Crippen LogP contribution >= 0.6 is 34.7 Å². The number of thiazole rings is 1. The van der Waals surface area contributed by atoms with E-state index in [0.29, 0.717) is 10.6 Å². The summed E-state index contributed by atoms with van der Waals surface area (Å²) in [6.45, 7) is 1.97. The van der Waals surface area contributed by atoms with Gasteiger partial charge in [-0.15, -0.1) is 23.1 Å². The van der Waals surface area contributed by atoms with E-state index in [1.807, 2.05) is 37.4 Å². The Bertz CT molecular complexity index is 860. The van der Waals surface area contributed by atoms with Gasteiger partial charge in [0.25, 0.3) is 5.91 Å². The first-order chi connectivity index (χ1) is 10.6. The molecule has 1 N–H and O–H groups in total. The van der Waals surface area contributed by atoms with E-state index in [-0.39, 0.29) is 5.91 Å². The fraction of sp³-hybridized carbons (Fsp3) is 0.125. The van der Waals surface area contributed by atoms with Crippen LogP contribution < -0.4 is 5.32 Å². The normalized spacial score (nSPS) is 10.9. The molecule has 6 heteroatoms. The first-order valence-electron chi connectivity index (χ1n) is 6.59. The summed E-state index contributed by atoms with van der Waals surface area (Å²) in [7, 11) is 0. The molecular formula is C16H13ClN2OS2. The summed E-state index contributed by atoms with van der Waals surface area (Å²) in [4.78, 5) is 17.8. The highest BCUT2D eigenvalue weighted by atomic mass is 35.5. The van der Waals surface area contributed by atoms with Crippen LogP contribution in [0, 0.1) is 6.92 Å².